The van der Waals surface area contributed by atoms with E-state index < -0.39 is 0 Å². The van der Waals surface area contributed by atoms with Crippen LogP contribution >= 0.6 is 0 Å². The summed E-state index contributed by atoms with van der Waals surface area (Å²) >= 11 is 0. The number of nitrogens with zero attached hydrogens (tertiary/aromatic N) is 6. The lowest BCUT2D eigenvalue weighted by Crippen LogP contribution is -2.48. The van der Waals surface area contributed by atoms with Crippen LogP contribution in [-0.4, -0.2) is 51.0 Å². The van der Waals surface area contributed by atoms with Crippen molar-refractivity contribution in [1.82, 2.24) is 24.8 Å². The highest BCUT2D eigenvalue weighted by atomic mass is 15.3. The van der Waals surface area contributed by atoms with Crippen LogP contribution in [0.4, 0.5) is 5.82 Å². The van der Waals surface area contributed by atoms with Gasteiger partial charge in [0.2, 0.25) is 0 Å². The number of piperazine rings is 1. The molecule has 6 heteroatoms. The van der Waals surface area contributed by atoms with Gasteiger partial charge in [-0.15, -0.1) is 0 Å². The first kappa shape index (κ1) is 23.0. The molecule has 1 aliphatic heterocycles. The molecule has 0 N–H and O–H groups in total. The third kappa shape index (κ3) is 5.10. The molecule has 37 heavy (non-hydrogen) atoms. The Labute approximate surface area is 217 Å². The summed E-state index contributed by atoms with van der Waals surface area (Å²) in [5.41, 5.74) is 5.25. The van der Waals surface area contributed by atoms with Crippen LogP contribution in [-0.2, 0) is 0 Å². The number of rotatable bonds is 6. The minimum Gasteiger partial charge on any atom is -0.354 e. The lowest BCUT2D eigenvalue weighted by atomic mass is 9.96. The highest BCUT2D eigenvalue weighted by molar-refractivity contribution is 5.65. The molecule has 0 spiro atoms. The topological polar surface area (TPSA) is 58.0 Å². The molecule has 0 atom stereocenters. The monoisotopic (exact) mass is 484 g/mol. The largest absolute Gasteiger partial charge is 0.354 e. The smallest absolute Gasteiger partial charge is 0.162 e. The lowest BCUT2D eigenvalue weighted by Gasteiger charge is -2.40. The average molecular weight is 485 g/mol. The summed E-state index contributed by atoms with van der Waals surface area (Å²) in [5, 5.41) is 0. The van der Waals surface area contributed by atoms with Gasteiger partial charge in [0.25, 0.3) is 0 Å². The van der Waals surface area contributed by atoms with E-state index in [2.05, 4.69) is 86.5 Å². The number of pyridine rings is 2. The molecule has 0 amide bonds. The first-order valence-electron chi connectivity index (χ1n) is 12.6. The Kier molecular flexibility index (Phi) is 6.64. The van der Waals surface area contributed by atoms with Crippen molar-refractivity contribution in [3.05, 3.63) is 127 Å². The quantitative estimate of drug-likeness (QED) is 0.317. The van der Waals surface area contributed by atoms with Crippen LogP contribution in [0.2, 0.25) is 0 Å². The van der Waals surface area contributed by atoms with Crippen LogP contribution in [0.15, 0.2) is 116 Å². The van der Waals surface area contributed by atoms with Gasteiger partial charge < -0.3 is 4.90 Å². The van der Waals surface area contributed by atoms with Crippen LogP contribution in [0.3, 0.4) is 0 Å². The van der Waals surface area contributed by atoms with Gasteiger partial charge in [-0.3, -0.25) is 14.9 Å². The summed E-state index contributed by atoms with van der Waals surface area (Å²) in [6.45, 7) is 3.62. The Hall–Kier alpha value is -4.42. The Morgan fingerprint density at radius 2 is 1.24 bits per heavy atom. The van der Waals surface area contributed by atoms with Gasteiger partial charge in [-0.05, 0) is 35.4 Å². The molecule has 0 saturated carbocycles. The number of anilines is 1. The first-order valence-corrected chi connectivity index (χ1v) is 12.6. The van der Waals surface area contributed by atoms with E-state index in [9.17, 15) is 0 Å². The summed E-state index contributed by atoms with van der Waals surface area (Å²) in [7, 11) is 0. The van der Waals surface area contributed by atoms with Gasteiger partial charge in [-0.1, -0.05) is 66.7 Å². The van der Waals surface area contributed by atoms with Gasteiger partial charge in [0, 0.05) is 56.4 Å². The SMILES string of the molecule is c1ccc(C(c2ccccc2)N2CCN(c3cc(-c4ccccn4)nc(-c4ccncc4)n3)CC2)cc1. The Balaban J connectivity index is 1.29. The van der Waals surface area contributed by atoms with Crippen molar-refractivity contribution in [2.75, 3.05) is 31.1 Å². The maximum Gasteiger partial charge on any atom is 0.162 e. The molecular weight excluding hydrogens is 456 g/mol. The van der Waals surface area contributed by atoms with E-state index in [1.165, 1.54) is 11.1 Å². The molecule has 6 nitrogen and oxygen atoms in total. The van der Waals surface area contributed by atoms with E-state index in [0.29, 0.717) is 5.82 Å². The second-order valence-electron chi connectivity index (χ2n) is 9.13. The van der Waals surface area contributed by atoms with Crippen molar-refractivity contribution in [3.8, 4) is 22.8 Å². The molecule has 0 bridgehead atoms. The molecule has 3 aromatic heterocycles. The van der Waals surface area contributed by atoms with Crippen molar-refractivity contribution >= 4 is 5.82 Å². The van der Waals surface area contributed by atoms with E-state index in [0.717, 1.165) is 48.9 Å². The van der Waals surface area contributed by atoms with Crippen molar-refractivity contribution in [3.63, 3.8) is 0 Å². The van der Waals surface area contributed by atoms with E-state index in [1.807, 2.05) is 30.3 Å². The van der Waals surface area contributed by atoms with E-state index in [1.54, 1.807) is 18.6 Å². The fraction of sp³-hybridized carbons (Fsp3) is 0.161. The number of hydrogen-bond donors (Lipinski definition) is 0. The standard InChI is InChI=1S/C31H28N6/c1-3-9-24(10-4-1)30(25-11-5-2-6-12-25)37-21-19-36(20-22-37)29-23-28(27-13-7-8-16-33-27)34-31(35-29)26-14-17-32-18-15-26/h1-18,23,30H,19-22H2. The minimum absolute atomic E-state index is 0.228. The molecule has 6 rings (SSSR count). The normalized spacial score (nSPS) is 14.1. The number of aromatic nitrogens is 4. The number of hydrogen-bond acceptors (Lipinski definition) is 6. The predicted molar refractivity (Wildman–Crippen MR) is 147 cm³/mol. The van der Waals surface area contributed by atoms with Crippen LogP contribution < -0.4 is 4.90 Å². The molecule has 0 radical (unpaired) electrons. The fourth-order valence-electron chi connectivity index (χ4n) is 4.97. The van der Waals surface area contributed by atoms with Gasteiger partial charge in [-0.2, -0.15) is 0 Å². The summed E-state index contributed by atoms with van der Waals surface area (Å²) in [6.07, 6.45) is 5.35. The van der Waals surface area contributed by atoms with Crippen LogP contribution in [0.5, 0.6) is 0 Å². The second-order valence-corrected chi connectivity index (χ2v) is 9.13. The van der Waals surface area contributed by atoms with Gasteiger partial charge in [0.15, 0.2) is 5.82 Å². The molecule has 1 saturated heterocycles. The second kappa shape index (κ2) is 10.7. The van der Waals surface area contributed by atoms with Gasteiger partial charge in [0.05, 0.1) is 17.4 Å². The van der Waals surface area contributed by atoms with Gasteiger partial charge in [0.1, 0.15) is 5.82 Å². The Morgan fingerprint density at radius 1 is 0.595 bits per heavy atom. The zero-order chi connectivity index (χ0) is 24.9. The van der Waals surface area contributed by atoms with Crippen molar-refractivity contribution in [2.24, 2.45) is 0 Å². The van der Waals surface area contributed by atoms with E-state index in [4.69, 9.17) is 9.97 Å². The fourth-order valence-corrected chi connectivity index (χ4v) is 4.97. The summed E-state index contributed by atoms with van der Waals surface area (Å²) in [5.74, 6) is 1.62. The van der Waals surface area contributed by atoms with Crippen LogP contribution in [0.25, 0.3) is 22.8 Å². The first-order chi connectivity index (χ1) is 18.3. The summed E-state index contributed by atoms with van der Waals surface area (Å²) in [4.78, 5) is 23.5. The van der Waals surface area contributed by atoms with Crippen molar-refractivity contribution in [1.29, 1.82) is 0 Å². The summed E-state index contributed by atoms with van der Waals surface area (Å²) < 4.78 is 0. The van der Waals surface area contributed by atoms with Gasteiger partial charge in [-0.25, -0.2) is 9.97 Å². The third-order valence-corrected chi connectivity index (χ3v) is 6.81. The maximum absolute atomic E-state index is 4.98. The molecule has 5 aromatic rings. The van der Waals surface area contributed by atoms with Crippen LogP contribution in [0, 0.1) is 0 Å². The predicted octanol–water partition coefficient (Wildman–Crippen LogP) is 5.51. The minimum atomic E-state index is 0.228. The molecule has 2 aromatic carbocycles. The molecule has 0 aliphatic carbocycles. The third-order valence-electron chi connectivity index (χ3n) is 6.81. The maximum atomic E-state index is 4.98. The molecule has 182 valence electrons. The number of benzene rings is 2. The highest BCUT2D eigenvalue weighted by Gasteiger charge is 2.27. The van der Waals surface area contributed by atoms with Crippen LogP contribution in [0.1, 0.15) is 17.2 Å². The van der Waals surface area contributed by atoms with Crippen molar-refractivity contribution in [2.45, 2.75) is 6.04 Å². The van der Waals surface area contributed by atoms with E-state index in [-0.39, 0.29) is 6.04 Å². The highest BCUT2D eigenvalue weighted by Crippen LogP contribution is 2.31. The molecule has 4 heterocycles. The molecular formula is C31H28N6. The molecule has 1 fully saturated rings. The Morgan fingerprint density at radius 3 is 1.86 bits per heavy atom. The average Bonchev–Trinajstić information content (AvgIpc) is 2.99. The summed E-state index contributed by atoms with van der Waals surface area (Å²) in [6, 6.07) is 33.7. The van der Waals surface area contributed by atoms with Crippen molar-refractivity contribution < 1.29 is 0 Å². The molecule has 1 aliphatic rings. The lowest BCUT2D eigenvalue weighted by molar-refractivity contribution is 0.212. The zero-order valence-electron chi connectivity index (χ0n) is 20.6. The Bertz CT molecular complexity index is 1320. The van der Waals surface area contributed by atoms with Gasteiger partial charge >= 0.3 is 0 Å². The van der Waals surface area contributed by atoms with E-state index >= 15 is 0 Å². The zero-order valence-corrected chi connectivity index (χ0v) is 20.6. The molecule has 0 unspecified atom stereocenters.